The first-order chi connectivity index (χ1) is 7.89. The summed E-state index contributed by atoms with van der Waals surface area (Å²) in [7, 11) is -0.421. The fourth-order valence-corrected chi connectivity index (χ4v) is 3.80. The zero-order chi connectivity index (χ0) is 13.1. The standard InChI is InChI=1S/C10H13Br2NO3S/c1-13(5-6-16-2)17(14,15)10-7-8(11)3-4-9(10)12/h3-4,7H,5-6H2,1-2H3. The molecule has 0 saturated carbocycles. The molecular formula is C10H13Br2NO3S. The SMILES string of the molecule is COCCN(C)S(=O)(=O)c1cc(Br)ccc1Br. The molecular weight excluding hydrogens is 374 g/mol. The Hall–Kier alpha value is 0.0500. The van der Waals surface area contributed by atoms with Crippen LogP contribution < -0.4 is 0 Å². The Morgan fingerprint density at radius 1 is 1.35 bits per heavy atom. The zero-order valence-corrected chi connectivity index (χ0v) is 13.5. The van der Waals surface area contributed by atoms with Gasteiger partial charge in [0.2, 0.25) is 10.0 Å². The van der Waals surface area contributed by atoms with Crippen molar-refractivity contribution in [2.45, 2.75) is 4.90 Å². The van der Waals surface area contributed by atoms with Crippen LogP contribution in [0.2, 0.25) is 0 Å². The van der Waals surface area contributed by atoms with Crippen LogP contribution in [0.4, 0.5) is 0 Å². The van der Waals surface area contributed by atoms with Crippen LogP contribution in [0.15, 0.2) is 32.0 Å². The van der Waals surface area contributed by atoms with Crippen molar-refractivity contribution in [3.8, 4) is 0 Å². The largest absolute Gasteiger partial charge is 0.383 e. The molecule has 0 atom stereocenters. The van der Waals surface area contributed by atoms with Gasteiger partial charge in [-0.05, 0) is 34.1 Å². The summed E-state index contributed by atoms with van der Waals surface area (Å²) < 4.78 is 31.9. The molecule has 1 aromatic rings. The Labute approximate surface area is 118 Å². The number of benzene rings is 1. The molecule has 0 aromatic heterocycles. The van der Waals surface area contributed by atoms with Crippen molar-refractivity contribution in [1.82, 2.24) is 4.31 Å². The zero-order valence-electron chi connectivity index (χ0n) is 9.48. The topological polar surface area (TPSA) is 46.6 Å². The van der Waals surface area contributed by atoms with E-state index in [-0.39, 0.29) is 4.90 Å². The van der Waals surface area contributed by atoms with Gasteiger partial charge >= 0.3 is 0 Å². The first-order valence-corrected chi connectivity index (χ1v) is 7.82. The Morgan fingerprint density at radius 2 is 2.00 bits per heavy atom. The van der Waals surface area contributed by atoms with Gasteiger partial charge < -0.3 is 4.74 Å². The van der Waals surface area contributed by atoms with Crippen LogP contribution in [0.5, 0.6) is 0 Å². The van der Waals surface area contributed by atoms with Crippen molar-refractivity contribution in [1.29, 1.82) is 0 Å². The highest BCUT2D eigenvalue weighted by atomic mass is 79.9. The highest BCUT2D eigenvalue weighted by Gasteiger charge is 2.23. The molecule has 1 rings (SSSR count). The number of likely N-dealkylation sites (N-methyl/N-ethyl adjacent to an activating group) is 1. The fraction of sp³-hybridized carbons (Fsp3) is 0.400. The van der Waals surface area contributed by atoms with Gasteiger partial charge in [0.1, 0.15) is 0 Å². The van der Waals surface area contributed by atoms with Crippen LogP contribution in [0.25, 0.3) is 0 Å². The van der Waals surface area contributed by atoms with E-state index in [1.54, 1.807) is 18.2 Å². The molecule has 0 bridgehead atoms. The predicted octanol–water partition coefficient (Wildman–Crippen LogP) is 2.48. The van der Waals surface area contributed by atoms with Gasteiger partial charge in [-0.25, -0.2) is 8.42 Å². The van der Waals surface area contributed by atoms with Gasteiger partial charge in [-0.2, -0.15) is 4.31 Å². The van der Waals surface area contributed by atoms with E-state index in [0.29, 0.717) is 17.6 Å². The van der Waals surface area contributed by atoms with Crippen LogP contribution in [0, 0.1) is 0 Å². The third-order valence-corrected chi connectivity index (χ3v) is 5.54. The number of rotatable bonds is 5. The quantitative estimate of drug-likeness (QED) is 0.780. The van der Waals surface area contributed by atoms with Gasteiger partial charge in [0, 0.05) is 29.6 Å². The summed E-state index contributed by atoms with van der Waals surface area (Å²) in [6, 6.07) is 5.04. The van der Waals surface area contributed by atoms with E-state index in [9.17, 15) is 8.42 Å². The molecule has 96 valence electrons. The lowest BCUT2D eigenvalue weighted by Gasteiger charge is -2.17. The van der Waals surface area contributed by atoms with Gasteiger partial charge in [-0.1, -0.05) is 15.9 Å². The van der Waals surface area contributed by atoms with Crippen LogP contribution in [-0.4, -0.2) is 40.0 Å². The first-order valence-electron chi connectivity index (χ1n) is 4.80. The van der Waals surface area contributed by atoms with Gasteiger partial charge in [0.25, 0.3) is 0 Å². The van der Waals surface area contributed by atoms with Crippen molar-refractivity contribution in [2.24, 2.45) is 0 Å². The second kappa shape index (κ2) is 6.29. The monoisotopic (exact) mass is 385 g/mol. The lowest BCUT2D eigenvalue weighted by Crippen LogP contribution is -2.30. The van der Waals surface area contributed by atoms with E-state index in [1.165, 1.54) is 18.5 Å². The fourth-order valence-electron chi connectivity index (χ4n) is 1.18. The third-order valence-electron chi connectivity index (χ3n) is 2.19. The van der Waals surface area contributed by atoms with Gasteiger partial charge in [0.05, 0.1) is 11.5 Å². The van der Waals surface area contributed by atoms with E-state index in [4.69, 9.17) is 4.74 Å². The maximum atomic E-state index is 12.2. The van der Waals surface area contributed by atoms with Crippen LogP contribution >= 0.6 is 31.9 Å². The van der Waals surface area contributed by atoms with E-state index in [1.807, 2.05) is 0 Å². The van der Waals surface area contributed by atoms with Gasteiger partial charge in [-0.15, -0.1) is 0 Å². The number of ether oxygens (including phenoxy) is 1. The van der Waals surface area contributed by atoms with Crippen molar-refractivity contribution < 1.29 is 13.2 Å². The summed E-state index contributed by atoms with van der Waals surface area (Å²) in [5.74, 6) is 0. The minimum absolute atomic E-state index is 0.241. The second-order valence-corrected chi connectivity index (χ2v) is 7.18. The van der Waals surface area contributed by atoms with Crippen LogP contribution in [0.3, 0.4) is 0 Å². The highest BCUT2D eigenvalue weighted by molar-refractivity contribution is 9.11. The highest BCUT2D eigenvalue weighted by Crippen LogP contribution is 2.27. The Kier molecular flexibility index (Phi) is 5.59. The lowest BCUT2D eigenvalue weighted by molar-refractivity contribution is 0.185. The number of hydrogen-bond donors (Lipinski definition) is 0. The molecule has 1 aromatic carbocycles. The maximum Gasteiger partial charge on any atom is 0.244 e. The normalized spacial score (nSPS) is 12.1. The molecule has 0 fully saturated rings. The van der Waals surface area contributed by atoms with Crippen molar-refractivity contribution >= 4 is 41.9 Å². The van der Waals surface area contributed by atoms with E-state index in [2.05, 4.69) is 31.9 Å². The van der Waals surface area contributed by atoms with Crippen molar-refractivity contribution in [3.05, 3.63) is 27.1 Å². The molecule has 0 saturated heterocycles. The predicted molar refractivity (Wildman–Crippen MR) is 73.5 cm³/mol. The van der Waals surface area contributed by atoms with Gasteiger partial charge in [0.15, 0.2) is 0 Å². The lowest BCUT2D eigenvalue weighted by atomic mass is 10.4. The Morgan fingerprint density at radius 3 is 2.59 bits per heavy atom. The summed E-state index contributed by atoms with van der Waals surface area (Å²) in [4.78, 5) is 0.241. The number of hydrogen-bond acceptors (Lipinski definition) is 3. The van der Waals surface area contributed by atoms with Crippen LogP contribution in [-0.2, 0) is 14.8 Å². The molecule has 0 radical (unpaired) electrons. The summed E-state index contributed by atoms with van der Waals surface area (Å²) >= 11 is 6.51. The molecule has 0 heterocycles. The average Bonchev–Trinajstić information content (AvgIpc) is 2.28. The molecule has 17 heavy (non-hydrogen) atoms. The first kappa shape index (κ1) is 15.1. The minimum atomic E-state index is -3.49. The molecule has 0 spiro atoms. The number of nitrogens with zero attached hydrogens (tertiary/aromatic N) is 1. The summed E-state index contributed by atoms with van der Waals surface area (Å²) in [5, 5.41) is 0. The van der Waals surface area contributed by atoms with Crippen molar-refractivity contribution in [2.75, 3.05) is 27.3 Å². The summed E-state index contributed by atoms with van der Waals surface area (Å²) in [6.45, 7) is 0.680. The maximum absolute atomic E-state index is 12.2. The average molecular weight is 387 g/mol. The molecule has 4 nitrogen and oxygen atoms in total. The van der Waals surface area contributed by atoms with E-state index in [0.717, 1.165) is 4.47 Å². The minimum Gasteiger partial charge on any atom is -0.383 e. The van der Waals surface area contributed by atoms with E-state index >= 15 is 0 Å². The molecule has 0 N–H and O–H groups in total. The molecule has 0 aliphatic rings. The number of methoxy groups -OCH3 is 1. The van der Waals surface area contributed by atoms with Crippen molar-refractivity contribution in [3.63, 3.8) is 0 Å². The molecule has 0 unspecified atom stereocenters. The summed E-state index contributed by atoms with van der Waals surface area (Å²) in [5.41, 5.74) is 0. The molecule has 0 aliphatic carbocycles. The van der Waals surface area contributed by atoms with E-state index < -0.39 is 10.0 Å². The van der Waals surface area contributed by atoms with Gasteiger partial charge in [-0.3, -0.25) is 0 Å². The molecule has 0 amide bonds. The number of sulfonamides is 1. The number of halogens is 2. The molecule has 7 heteroatoms. The summed E-state index contributed by atoms with van der Waals surface area (Å²) in [6.07, 6.45) is 0. The Balaban J connectivity index is 3.08. The second-order valence-electron chi connectivity index (χ2n) is 3.39. The Bertz CT molecular complexity index is 490. The van der Waals surface area contributed by atoms with Crippen LogP contribution in [0.1, 0.15) is 0 Å². The smallest absolute Gasteiger partial charge is 0.244 e. The molecule has 0 aliphatic heterocycles. The third kappa shape index (κ3) is 3.75.